The largest absolute Gasteiger partial charge is 0.396 e. The summed E-state index contributed by atoms with van der Waals surface area (Å²) in [6.45, 7) is 3.60. The van der Waals surface area contributed by atoms with E-state index in [1.54, 1.807) is 0 Å². The van der Waals surface area contributed by atoms with Crippen LogP contribution in [0.2, 0.25) is 0 Å². The second-order valence-electron chi connectivity index (χ2n) is 2.26. The molecular weight excluding hydrogens is 134 g/mol. The number of hydroxylamine groups is 1. The first-order chi connectivity index (χ1) is 4.66. The maximum absolute atomic E-state index is 10.2. The molecule has 4 nitrogen and oxygen atoms in total. The van der Waals surface area contributed by atoms with Crippen molar-refractivity contribution in [2.24, 2.45) is 5.92 Å². The highest BCUT2D eigenvalue weighted by molar-refractivity contribution is 5.71. The molecule has 0 saturated heterocycles. The lowest BCUT2D eigenvalue weighted by Gasteiger charge is -2.07. The summed E-state index contributed by atoms with van der Waals surface area (Å²) in [5, 5.41) is 8.51. The van der Waals surface area contributed by atoms with Crippen molar-refractivity contribution in [2.45, 2.75) is 13.8 Å². The number of hydrogen-bond acceptors (Lipinski definition) is 3. The van der Waals surface area contributed by atoms with Gasteiger partial charge in [-0.15, -0.1) is 0 Å². The zero-order valence-corrected chi connectivity index (χ0v) is 6.26. The topological polar surface area (TPSA) is 58.6 Å². The third-order valence-electron chi connectivity index (χ3n) is 0.895. The van der Waals surface area contributed by atoms with Crippen LogP contribution in [0.15, 0.2) is 0 Å². The van der Waals surface area contributed by atoms with E-state index in [0.717, 1.165) is 0 Å². The van der Waals surface area contributed by atoms with Gasteiger partial charge in [-0.2, -0.15) is 0 Å². The predicted molar refractivity (Wildman–Crippen MR) is 36.0 cm³/mol. The summed E-state index contributed by atoms with van der Waals surface area (Å²) in [5.41, 5.74) is 2.16. The van der Waals surface area contributed by atoms with Crippen LogP contribution in [-0.4, -0.2) is 24.2 Å². The van der Waals surface area contributed by atoms with E-state index in [1.807, 2.05) is 6.92 Å². The molecule has 1 atom stereocenters. The maximum Gasteiger partial charge on any atom is 0.240 e. The Balaban J connectivity index is 3.11. The zero-order chi connectivity index (χ0) is 7.98. The van der Waals surface area contributed by atoms with Gasteiger partial charge in [0.15, 0.2) is 0 Å². The van der Waals surface area contributed by atoms with Crippen LogP contribution in [0.3, 0.4) is 0 Å². The molecule has 0 rings (SSSR count). The normalized spacial score (nSPS) is 12.7. The van der Waals surface area contributed by atoms with Gasteiger partial charge in [0.1, 0.15) is 0 Å². The first kappa shape index (κ1) is 9.39. The van der Waals surface area contributed by atoms with Crippen LogP contribution < -0.4 is 5.48 Å². The van der Waals surface area contributed by atoms with Gasteiger partial charge in [0.05, 0.1) is 6.61 Å². The highest BCUT2D eigenvalue weighted by Gasteiger charge is 1.99. The monoisotopic (exact) mass is 147 g/mol. The van der Waals surface area contributed by atoms with Crippen LogP contribution in [0, 0.1) is 5.92 Å². The molecular formula is C6H13NO3. The highest BCUT2D eigenvalue weighted by atomic mass is 16.6. The molecule has 0 fully saturated rings. The molecule has 0 unspecified atom stereocenters. The summed E-state index contributed by atoms with van der Waals surface area (Å²) in [6, 6.07) is 0. The Kier molecular flexibility index (Phi) is 4.88. The number of nitrogens with one attached hydrogen (secondary N) is 1. The van der Waals surface area contributed by atoms with E-state index in [1.165, 1.54) is 6.92 Å². The van der Waals surface area contributed by atoms with Crippen LogP contribution in [0.1, 0.15) is 13.8 Å². The first-order valence-electron chi connectivity index (χ1n) is 3.16. The molecule has 4 heteroatoms. The number of hydrogen-bond donors (Lipinski definition) is 2. The van der Waals surface area contributed by atoms with Crippen molar-refractivity contribution in [3.8, 4) is 0 Å². The van der Waals surface area contributed by atoms with Gasteiger partial charge in [-0.3, -0.25) is 9.63 Å². The molecule has 10 heavy (non-hydrogen) atoms. The fourth-order valence-electron chi connectivity index (χ4n) is 0.338. The van der Waals surface area contributed by atoms with Gasteiger partial charge in [-0.25, -0.2) is 5.48 Å². The summed E-state index contributed by atoms with van der Waals surface area (Å²) in [4.78, 5) is 14.9. The summed E-state index contributed by atoms with van der Waals surface area (Å²) in [6.07, 6.45) is 0. The van der Waals surface area contributed by atoms with Crippen LogP contribution in [0.25, 0.3) is 0 Å². The zero-order valence-electron chi connectivity index (χ0n) is 6.26. The summed E-state index contributed by atoms with van der Waals surface area (Å²) in [7, 11) is 0. The van der Waals surface area contributed by atoms with Crippen molar-refractivity contribution in [3.05, 3.63) is 0 Å². The number of rotatable bonds is 4. The summed E-state index contributed by atoms with van der Waals surface area (Å²) in [5.74, 6) is -0.169. The van der Waals surface area contributed by atoms with Gasteiger partial charge < -0.3 is 5.11 Å². The van der Waals surface area contributed by atoms with Crippen molar-refractivity contribution < 1.29 is 14.7 Å². The molecule has 60 valence electrons. The fourth-order valence-corrected chi connectivity index (χ4v) is 0.338. The molecule has 0 spiro atoms. The van der Waals surface area contributed by atoms with E-state index in [9.17, 15) is 4.79 Å². The van der Waals surface area contributed by atoms with Crippen LogP contribution in [0.5, 0.6) is 0 Å². The molecule has 2 N–H and O–H groups in total. The van der Waals surface area contributed by atoms with Gasteiger partial charge in [-0.1, -0.05) is 6.92 Å². The van der Waals surface area contributed by atoms with Gasteiger partial charge in [0, 0.05) is 19.4 Å². The van der Waals surface area contributed by atoms with E-state index in [0.29, 0.717) is 6.61 Å². The van der Waals surface area contributed by atoms with Gasteiger partial charge in [0.2, 0.25) is 5.91 Å². The lowest BCUT2D eigenvalue weighted by Crippen LogP contribution is -2.24. The second-order valence-corrected chi connectivity index (χ2v) is 2.26. The number of aliphatic hydroxyl groups excluding tert-OH is 1. The van der Waals surface area contributed by atoms with Gasteiger partial charge in [-0.05, 0) is 0 Å². The Labute approximate surface area is 60.1 Å². The summed E-state index contributed by atoms with van der Waals surface area (Å²) < 4.78 is 0. The first-order valence-corrected chi connectivity index (χ1v) is 3.16. The average molecular weight is 147 g/mol. The van der Waals surface area contributed by atoms with Crippen LogP contribution >= 0.6 is 0 Å². The molecule has 0 aromatic carbocycles. The van der Waals surface area contributed by atoms with Crippen molar-refractivity contribution in [1.82, 2.24) is 5.48 Å². The molecule has 0 aromatic heterocycles. The minimum absolute atomic E-state index is 0.0619. The smallest absolute Gasteiger partial charge is 0.240 e. The molecule has 0 aliphatic rings. The minimum atomic E-state index is -0.231. The van der Waals surface area contributed by atoms with Crippen molar-refractivity contribution >= 4 is 5.91 Å². The van der Waals surface area contributed by atoms with Gasteiger partial charge >= 0.3 is 0 Å². The molecule has 0 aliphatic heterocycles. The number of aliphatic hydroxyl groups is 1. The van der Waals surface area contributed by atoms with Crippen LogP contribution in [-0.2, 0) is 9.63 Å². The fraction of sp³-hybridized carbons (Fsp3) is 0.833. The lowest BCUT2D eigenvalue weighted by atomic mass is 10.2. The van der Waals surface area contributed by atoms with E-state index in [-0.39, 0.29) is 18.4 Å². The number of carbonyl (C=O) groups is 1. The number of amides is 1. The Morgan fingerprint density at radius 1 is 1.80 bits per heavy atom. The molecule has 0 aromatic rings. The predicted octanol–water partition coefficient (Wildman–Crippen LogP) is -0.318. The number of carbonyl (C=O) groups excluding carboxylic acids is 1. The highest BCUT2D eigenvalue weighted by Crippen LogP contribution is 1.90. The Hall–Kier alpha value is -0.610. The van der Waals surface area contributed by atoms with Crippen molar-refractivity contribution in [3.63, 3.8) is 0 Å². The lowest BCUT2D eigenvalue weighted by molar-refractivity contribution is -0.132. The molecule has 1 amide bonds. The molecule has 0 saturated carbocycles. The van der Waals surface area contributed by atoms with Crippen molar-refractivity contribution in [2.75, 3.05) is 13.2 Å². The van der Waals surface area contributed by atoms with Crippen molar-refractivity contribution in [1.29, 1.82) is 0 Å². The Morgan fingerprint density at radius 2 is 2.40 bits per heavy atom. The SMILES string of the molecule is CC(=O)NOC[C@@H](C)CO. The minimum Gasteiger partial charge on any atom is -0.396 e. The molecule has 0 bridgehead atoms. The van der Waals surface area contributed by atoms with E-state index in [4.69, 9.17) is 5.11 Å². The standard InChI is InChI=1S/C6H13NO3/c1-5(3-8)4-10-7-6(2)9/h5,8H,3-4H2,1-2H3,(H,7,9)/t5-/m0/s1. The third-order valence-corrected chi connectivity index (χ3v) is 0.895. The van der Waals surface area contributed by atoms with E-state index in [2.05, 4.69) is 10.3 Å². The summed E-state index contributed by atoms with van der Waals surface area (Å²) >= 11 is 0. The second kappa shape index (κ2) is 5.20. The molecule has 0 radical (unpaired) electrons. The Morgan fingerprint density at radius 3 is 2.80 bits per heavy atom. The van der Waals surface area contributed by atoms with Gasteiger partial charge in [0.25, 0.3) is 0 Å². The molecule has 0 aliphatic carbocycles. The molecule has 0 heterocycles. The average Bonchev–Trinajstić information content (AvgIpc) is 1.87. The van der Waals surface area contributed by atoms with Crippen LogP contribution in [0.4, 0.5) is 0 Å². The maximum atomic E-state index is 10.2. The third kappa shape index (κ3) is 5.53. The quantitative estimate of drug-likeness (QED) is 0.536. The van der Waals surface area contributed by atoms with E-state index < -0.39 is 0 Å². The van der Waals surface area contributed by atoms with E-state index >= 15 is 0 Å². The Bertz CT molecular complexity index is 105.